The van der Waals surface area contributed by atoms with E-state index in [4.69, 9.17) is 5.11 Å². The van der Waals surface area contributed by atoms with Crippen molar-refractivity contribution < 1.29 is 22.7 Å². The van der Waals surface area contributed by atoms with Gasteiger partial charge in [0.05, 0.1) is 0 Å². The number of halogens is 4. The van der Waals surface area contributed by atoms with E-state index < -0.39 is 17.7 Å². The first kappa shape index (κ1) is 17.9. The first-order valence-corrected chi connectivity index (χ1v) is 7.18. The van der Waals surface area contributed by atoms with Crippen LogP contribution in [0.5, 0.6) is 0 Å². The van der Waals surface area contributed by atoms with Gasteiger partial charge in [0.2, 0.25) is 5.95 Å². The Morgan fingerprint density at radius 3 is 2.38 bits per heavy atom. The van der Waals surface area contributed by atoms with E-state index in [1.54, 1.807) is 0 Å². The summed E-state index contributed by atoms with van der Waals surface area (Å²) >= 11 is 0. The second kappa shape index (κ2) is 7.91. The molecule has 2 rings (SSSR count). The summed E-state index contributed by atoms with van der Waals surface area (Å²) in [5, 5.41) is 14.1. The summed E-state index contributed by atoms with van der Waals surface area (Å²) in [6, 6.07) is 6.38. The molecule has 0 fully saturated rings. The van der Waals surface area contributed by atoms with Gasteiger partial charge in [-0.1, -0.05) is 12.1 Å². The standard InChI is InChI=1S/C15H16F4N4O/c16-11-4-2-10(3-5-11)9-21-13-8-12(15(17,18)19)22-14(23-13)20-6-1-7-24/h2-5,8,24H,1,6-7,9H2,(H2,20,21,22,23). The molecule has 2 aromatic rings. The van der Waals surface area contributed by atoms with Crippen molar-refractivity contribution in [1.29, 1.82) is 0 Å². The third kappa shape index (κ3) is 5.34. The summed E-state index contributed by atoms with van der Waals surface area (Å²) in [5.74, 6) is -0.580. The molecule has 24 heavy (non-hydrogen) atoms. The summed E-state index contributed by atoms with van der Waals surface area (Å²) < 4.78 is 51.6. The van der Waals surface area contributed by atoms with Crippen molar-refractivity contribution >= 4 is 11.8 Å². The van der Waals surface area contributed by atoms with E-state index in [0.29, 0.717) is 12.0 Å². The maximum atomic E-state index is 12.9. The van der Waals surface area contributed by atoms with Crippen molar-refractivity contribution in [1.82, 2.24) is 9.97 Å². The molecule has 5 nitrogen and oxygen atoms in total. The van der Waals surface area contributed by atoms with Crippen molar-refractivity contribution in [2.75, 3.05) is 23.8 Å². The van der Waals surface area contributed by atoms with E-state index in [1.807, 2.05) is 0 Å². The number of nitrogens with zero attached hydrogens (tertiary/aromatic N) is 2. The van der Waals surface area contributed by atoms with Crippen LogP contribution >= 0.6 is 0 Å². The Bertz CT molecular complexity index is 662. The van der Waals surface area contributed by atoms with Gasteiger partial charge in [-0.05, 0) is 24.1 Å². The molecule has 0 aliphatic carbocycles. The SMILES string of the molecule is OCCCNc1nc(NCc2ccc(F)cc2)cc(C(F)(F)F)n1. The molecule has 0 spiro atoms. The topological polar surface area (TPSA) is 70.1 Å². The van der Waals surface area contributed by atoms with Crippen molar-refractivity contribution in [3.8, 4) is 0 Å². The second-order valence-electron chi connectivity index (χ2n) is 4.94. The van der Waals surface area contributed by atoms with Gasteiger partial charge >= 0.3 is 6.18 Å². The molecule has 0 radical (unpaired) electrons. The Morgan fingerprint density at radius 2 is 1.75 bits per heavy atom. The molecule has 0 bridgehead atoms. The smallest absolute Gasteiger partial charge is 0.396 e. The zero-order chi connectivity index (χ0) is 17.6. The van der Waals surface area contributed by atoms with Gasteiger partial charge in [0.15, 0.2) is 5.69 Å². The fourth-order valence-electron chi connectivity index (χ4n) is 1.84. The normalized spacial score (nSPS) is 11.4. The van der Waals surface area contributed by atoms with E-state index in [2.05, 4.69) is 20.6 Å². The highest BCUT2D eigenvalue weighted by molar-refractivity contribution is 5.43. The second-order valence-corrected chi connectivity index (χ2v) is 4.94. The van der Waals surface area contributed by atoms with Gasteiger partial charge in [0.25, 0.3) is 0 Å². The summed E-state index contributed by atoms with van der Waals surface area (Å²) in [7, 11) is 0. The maximum absolute atomic E-state index is 12.9. The van der Waals surface area contributed by atoms with Crippen LogP contribution in [0.1, 0.15) is 17.7 Å². The zero-order valence-electron chi connectivity index (χ0n) is 12.6. The van der Waals surface area contributed by atoms with Gasteiger partial charge in [0, 0.05) is 25.8 Å². The first-order valence-electron chi connectivity index (χ1n) is 7.18. The predicted octanol–water partition coefficient (Wildman–Crippen LogP) is 3.04. The van der Waals surface area contributed by atoms with Gasteiger partial charge in [0.1, 0.15) is 11.6 Å². The molecule has 0 atom stereocenters. The molecule has 0 aliphatic rings. The Hall–Kier alpha value is -2.42. The van der Waals surface area contributed by atoms with Crippen LogP contribution in [0.4, 0.5) is 29.3 Å². The molecule has 1 aromatic carbocycles. The molecular formula is C15H16F4N4O. The number of hydrogen-bond donors (Lipinski definition) is 3. The average Bonchev–Trinajstić information content (AvgIpc) is 2.54. The lowest BCUT2D eigenvalue weighted by Crippen LogP contribution is -2.15. The summed E-state index contributed by atoms with van der Waals surface area (Å²) in [6.07, 6.45) is -4.25. The number of rotatable bonds is 7. The third-order valence-corrected chi connectivity index (χ3v) is 3.02. The lowest BCUT2D eigenvalue weighted by molar-refractivity contribution is -0.141. The molecule has 130 valence electrons. The molecule has 0 saturated carbocycles. The molecule has 1 aromatic heterocycles. The van der Waals surface area contributed by atoms with E-state index >= 15 is 0 Å². The fourth-order valence-corrected chi connectivity index (χ4v) is 1.84. The van der Waals surface area contributed by atoms with E-state index in [0.717, 1.165) is 6.07 Å². The first-order chi connectivity index (χ1) is 11.4. The van der Waals surface area contributed by atoms with Crippen LogP contribution in [0.3, 0.4) is 0 Å². The highest BCUT2D eigenvalue weighted by Crippen LogP contribution is 2.29. The highest BCUT2D eigenvalue weighted by Gasteiger charge is 2.33. The Balaban J connectivity index is 2.14. The van der Waals surface area contributed by atoms with Crippen molar-refractivity contribution in [3.05, 3.63) is 47.4 Å². The third-order valence-electron chi connectivity index (χ3n) is 3.02. The quantitative estimate of drug-likeness (QED) is 0.532. The van der Waals surface area contributed by atoms with Gasteiger partial charge in [-0.3, -0.25) is 0 Å². The average molecular weight is 344 g/mol. The number of aromatic nitrogens is 2. The van der Waals surface area contributed by atoms with Gasteiger partial charge in [-0.25, -0.2) is 9.37 Å². The number of nitrogens with one attached hydrogen (secondary N) is 2. The minimum atomic E-state index is -4.61. The lowest BCUT2D eigenvalue weighted by atomic mass is 10.2. The molecule has 0 amide bonds. The number of alkyl halides is 3. The lowest BCUT2D eigenvalue weighted by Gasteiger charge is -2.12. The van der Waals surface area contributed by atoms with Crippen LogP contribution in [0.25, 0.3) is 0 Å². The maximum Gasteiger partial charge on any atom is 0.433 e. The number of aliphatic hydroxyl groups excluding tert-OH is 1. The van der Waals surface area contributed by atoms with Crippen LogP contribution in [0, 0.1) is 5.82 Å². The van der Waals surface area contributed by atoms with Crippen LogP contribution in [-0.2, 0) is 12.7 Å². The number of anilines is 2. The van der Waals surface area contributed by atoms with Crippen LogP contribution < -0.4 is 10.6 Å². The number of benzene rings is 1. The van der Waals surface area contributed by atoms with Crippen molar-refractivity contribution in [2.45, 2.75) is 19.1 Å². The number of aliphatic hydroxyl groups is 1. The predicted molar refractivity (Wildman–Crippen MR) is 81.0 cm³/mol. The van der Waals surface area contributed by atoms with E-state index in [9.17, 15) is 17.6 Å². The summed E-state index contributed by atoms with van der Waals surface area (Å²) in [5.41, 5.74) is -0.385. The van der Waals surface area contributed by atoms with E-state index in [1.165, 1.54) is 24.3 Å². The zero-order valence-corrected chi connectivity index (χ0v) is 12.6. The molecule has 1 heterocycles. The molecule has 0 unspecified atom stereocenters. The molecular weight excluding hydrogens is 328 g/mol. The fraction of sp³-hybridized carbons (Fsp3) is 0.333. The monoisotopic (exact) mass is 344 g/mol. The van der Waals surface area contributed by atoms with Gasteiger partial charge in [-0.15, -0.1) is 0 Å². The number of hydrogen-bond acceptors (Lipinski definition) is 5. The molecule has 0 saturated heterocycles. The van der Waals surface area contributed by atoms with Crippen LogP contribution in [-0.4, -0.2) is 28.2 Å². The molecule has 3 N–H and O–H groups in total. The Kier molecular flexibility index (Phi) is 5.91. The minimum absolute atomic E-state index is 0.00634. The van der Waals surface area contributed by atoms with E-state index in [-0.39, 0.29) is 31.5 Å². The largest absolute Gasteiger partial charge is 0.433 e. The van der Waals surface area contributed by atoms with Crippen molar-refractivity contribution in [2.24, 2.45) is 0 Å². The minimum Gasteiger partial charge on any atom is -0.396 e. The van der Waals surface area contributed by atoms with Gasteiger partial charge in [-0.2, -0.15) is 18.2 Å². The molecule has 9 heteroatoms. The van der Waals surface area contributed by atoms with Crippen LogP contribution in [0.15, 0.2) is 30.3 Å². The molecule has 0 aliphatic heterocycles. The Morgan fingerprint density at radius 1 is 1.04 bits per heavy atom. The summed E-state index contributed by atoms with van der Waals surface area (Å²) in [6.45, 7) is 0.335. The van der Waals surface area contributed by atoms with Gasteiger partial charge < -0.3 is 15.7 Å². The highest BCUT2D eigenvalue weighted by atomic mass is 19.4. The van der Waals surface area contributed by atoms with Crippen LogP contribution in [0.2, 0.25) is 0 Å². The van der Waals surface area contributed by atoms with Crippen molar-refractivity contribution in [3.63, 3.8) is 0 Å². The Labute approximate surface area is 135 Å². The summed E-state index contributed by atoms with van der Waals surface area (Å²) in [4.78, 5) is 7.39.